The van der Waals surface area contributed by atoms with E-state index in [-0.39, 0.29) is 0 Å². The predicted octanol–water partition coefficient (Wildman–Crippen LogP) is 1.81. The van der Waals surface area contributed by atoms with E-state index in [1.165, 1.54) is 0 Å². The number of anilines is 1. The largest absolute Gasteiger partial charge is 0.388 e. The molecule has 20 heavy (non-hydrogen) atoms. The van der Waals surface area contributed by atoms with E-state index in [9.17, 15) is 5.11 Å². The number of hydrogen-bond acceptors (Lipinski definition) is 5. The fourth-order valence-electron chi connectivity index (χ4n) is 2.48. The van der Waals surface area contributed by atoms with Crippen LogP contribution in [-0.4, -0.2) is 38.7 Å². The Balaban J connectivity index is 1.96. The Bertz CT molecular complexity index is 613. The lowest BCUT2D eigenvalue weighted by Crippen LogP contribution is -2.30. The Morgan fingerprint density at radius 2 is 2.20 bits per heavy atom. The number of nitrogens with zero attached hydrogens (tertiary/aromatic N) is 4. The zero-order valence-electron chi connectivity index (χ0n) is 11.7. The van der Waals surface area contributed by atoms with E-state index in [0.717, 1.165) is 30.0 Å². The number of pyridine rings is 1. The Kier molecular flexibility index (Phi) is 3.14. The molecule has 1 atom stereocenters. The molecule has 0 aliphatic carbocycles. The molecule has 0 saturated carbocycles. The zero-order valence-corrected chi connectivity index (χ0v) is 11.7. The van der Waals surface area contributed by atoms with Gasteiger partial charge in [0.1, 0.15) is 5.82 Å². The van der Waals surface area contributed by atoms with E-state index >= 15 is 0 Å². The van der Waals surface area contributed by atoms with Crippen LogP contribution in [0.2, 0.25) is 0 Å². The van der Waals surface area contributed by atoms with Crippen LogP contribution < -0.4 is 4.90 Å². The smallest absolute Gasteiger partial charge is 0.163 e. The molecule has 104 valence electrons. The van der Waals surface area contributed by atoms with E-state index in [4.69, 9.17) is 0 Å². The van der Waals surface area contributed by atoms with E-state index in [0.29, 0.717) is 12.4 Å². The van der Waals surface area contributed by atoms with Crippen molar-refractivity contribution in [2.45, 2.75) is 25.9 Å². The number of rotatable bonds is 2. The Hall–Kier alpha value is -2.01. The summed E-state index contributed by atoms with van der Waals surface area (Å²) in [5.41, 5.74) is 1.19. The van der Waals surface area contributed by atoms with Gasteiger partial charge < -0.3 is 10.0 Å². The quantitative estimate of drug-likeness (QED) is 0.901. The van der Waals surface area contributed by atoms with Gasteiger partial charge in [-0.05, 0) is 32.4 Å². The number of β-amino-alcohol motifs (C(OH)–C–C–N with tert-alkyl or cyclic N) is 1. The zero-order chi connectivity index (χ0) is 14.2. The Labute approximate surface area is 118 Å². The number of hydrogen-bond donors (Lipinski definition) is 1. The molecule has 1 aliphatic heterocycles. The van der Waals surface area contributed by atoms with Crippen molar-refractivity contribution in [3.8, 4) is 11.4 Å². The molecule has 3 rings (SSSR count). The molecule has 5 heteroatoms. The molecule has 0 bridgehead atoms. The van der Waals surface area contributed by atoms with Crippen LogP contribution in [0.15, 0.2) is 30.6 Å². The third-order valence-corrected chi connectivity index (χ3v) is 3.54. The van der Waals surface area contributed by atoms with E-state index < -0.39 is 5.60 Å². The lowest BCUT2D eigenvalue weighted by atomic mass is 10.1. The summed E-state index contributed by atoms with van der Waals surface area (Å²) < 4.78 is 0. The van der Waals surface area contributed by atoms with Gasteiger partial charge in [0.15, 0.2) is 5.82 Å². The second-order valence-electron chi connectivity index (χ2n) is 5.60. The second kappa shape index (κ2) is 4.83. The molecule has 2 aromatic rings. The lowest BCUT2D eigenvalue weighted by molar-refractivity contribution is 0.0839. The molecule has 0 aromatic carbocycles. The second-order valence-corrected chi connectivity index (χ2v) is 5.60. The van der Waals surface area contributed by atoms with Gasteiger partial charge in [0.2, 0.25) is 0 Å². The molecule has 0 amide bonds. The van der Waals surface area contributed by atoms with Crippen molar-refractivity contribution in [1.29, 1.82) is 0 Å². The predicted molar refractivity (Wildman–Crippen MR) is 77.5 cm³/mol. The van der Waals surface area contributed by atoms with Crippen LogP contribution in [0, 0.1) is 6.92 Å². The topological polar surface area (TPSA) is 62.1 Å². The van der Waals surface area contributed by atoms with Gasteiger partial charge in [0.05, 0.1) is 5.60 Å². The van der Waals surface area contributed by atoms with Crippen molar-refractivity contribution in [2.75, 3.05) is 18.0 Å². The van der Waals surface area contributed by atoms with Gasteiger partial charge in [-0.25, -0.2) is 9.97 Å². The monoisotopic (exact) mass is 270 g/mol. The molecule has 5 nitrogen and oxygen atoms in total. The molecule has 1 N–H and O–H groups in total. The molecule has 3 heterocycles. The summed E-state index contributed by atoms with van der Waals surface area (Å²) in [6.45, 7) is 5.24. The molecule has 2 aromatic heterocycles. The van der Waals surface area contributed by atoms with Crippen LogP contribution in [0.3, 0.4) is 0 Å². The number of aromatic nitrogens is 3. The molecule has 1 unspecified atom stereocenters. The summed E-state index contributed by atoms with van der Waals surface area (Å²) in [5, 5.41) is 10.1. The van der Waals surface area contributed by atoms with Gasteiger partial charge in [0, 0.05) is 42.8 Å². The summed E-state index contributed by atoms with van der Waals surface area (Å²) >= 11 is 0. The van der Waals surface area contributed by atoms with Crippen molar-refractivity contribution >= 4 is 5.82 Å². The summed E-state index contributed by atoms with van der Waals surface area (Å²) in [5.74, 6) is 1.55. The highest BCUT2D eigenvalue weighted by Gasteiger charge is 2.32. The first-order valence-electron chi connectivity index (χ1n) is 6.77. The summed E-state index contributed by atoms with van der Waals surface area (Å²) in [7, 11) is 0. The average Bonchev–Trinajstić information content (AvgIpc) is 2.79. The van der Waals surface area contributed by atoms with E-state index in [2.05, 4.69) is 19.9 Å². The van der Waals surface area contributed by atoms with Crippen molar-refractivity contribution in [1.82, 2.24) is 15.0 Å². The summed E-state index contributed by atoms with van der Waals surface area (Å²) in [6, 6.07) is 5.79. The van der Waals surface area contributed by atoms with Gasteiger partial charge in [-0.3, -0.25) is 4.98 Å². The highest BCUT2D eigenvalue weighted by atomic mass is 16.3. The first kappa shape index (κ1) is 13.0. The van der Waals surface area contributed by atoms with Crippen LogP contribution in [0.25, 0.3) is 11.4 Å². The van der Waals surface area contributed by atoms with Gasteiger partial charge in [-0.1, -0.05) is 0 Å². The average molecular weight is 270 g/mol. The van der Waals surface area contributed by atoms with E-state index in [1.54, 1.807) is 12.4 Å². The lowest BCUT2D eigenvalue weighted by Gasteiger charge is -2.20. The molecular weight excluding hydrogens is 252 g/mol. The SMILES string of the molecule is Cc1cc(N2CCC(C)(O)C2)nc(-c2cccnc2)n1. The van der Waals surface area contributed by atoms with Crippen molar-refractivity contribution in [3.63, 3.8) is 0 Å². The third kappa shape index (κ3) is 2.63. The van der Waals surface area contributed by atoms with Crippen LogP contribution >= 0.6 is 0 Å². The minimum atomic E-state index is -0.632. The van der Waals surface area contributed by atoms with Crippen LogP contribution in [-0.2, 0) is 0 Å². The normalized spacial score (nSPS) is 22.2. The maximum atomic E-state index is 10.1. The molecule has 0 radical (unpaired) electrons. The molecule has 0 spiro atoms. The first-order chi connectivity index (χ1) is 9.53. The summed E-state index contributed by atoms with van der Waals surface area (Å²) in [6.07, 6.45) is 4.26. The Morgan fingerprint density at radius 3 is 2.85 bits per heavy atom. The fraction of sp³-hybridized carbons (Fsp3) is 0.400. The van der Waals surface area contributed by atoms with Crippen LogP contribution in [0.5, 0.6) is 0 Å². The van der Waals surface area contributed by atoms with Crippen LogP contribution in [0.1, 0.15) is 19.0 Å². The van der Waals surface area contributed by atoms with Crippen molar-refractivity contribution in [2.24, 2.45) is 0 Å². The molecule has 1 fully saturated rings. The van der Waals surface area contributed by atoms with Gasteiger partial charge in [-0.2, -0.15) is 0 Å². The maximum absolute atomic E-state index is 10.1. The first-order valence-corrected chi connectivity index (χ1v) is 6.77. The minimum Gasteiger partial charge on any atom is -0.388 e. The van der Waals surface area contributed by atoms with Crippen LogP contribution in [0.4, 0.5) is 5.82 Å². The number of aliphatic hydroxyl groups is 1. The third-order valence-electron chi connectivity index (χ3n) is 3.54. The van der Waals surface area contributed by atoms with Crippen molar-refractivity contribution in [3.05, 3.63) is 36.3 Å². The van der Waals surface area contributed by atoms with Crippen molar-refractivity contribution < 1.29 is 5.11 Å². The van der Waals surface area contributed by atoms with Gasteiger partial charge >= 0.3 is 0 Å². The molecule has 1 saturated heterocycles. The Morgan fingerprint density at radius 1 is 1.35 bits per heavy atom. The van der Waals surface area contributed by atoms with Gasteiger partial charge in [-0.15, -0.1) is 0 Å². The highest BCUT2D eigenvalue weighted by Crippen LogP contribution is 2.26. The molecule has 1 aliphatic rings. The summed E-state index contributed by atoms with van der Waals surface area (Å²) in [4.78, 5) is 15.3. The van der Waals surface area contributed by atoms with E-state index in [1.807, 2.05) is 32.0 Å². The standard InChI is InChI=1S/C15H18N4O/c1-11-8-13(19-7-5-15(2,20)10-19)18-14(17-11)12-4-3-6-16-9-12/h3-4,6,8-9,20H,5,7,10H2,1-2H3. The molecular formula is C15H18N4O. The maximum Gasteiger partial charge on any atom is 0.163 e. The fourth-order valence-corrected chi connectivity index (χ4v) is 2.48. The minimum absolute atomic E-state index is 0.607. The highest BCUT2D eigenvalue weighted by molar-refractivity contribution is 5.57. The van der Waals surface area contributed by atoms with Gasteiger partial charge in [0.25, 0.3) is 0 Å². The number of aryl methyl sites for hydroxylation is 1.